The number of fused-ring (bicyclic) bond motifs is 4. The number of carbonyl (C=O) groups is 2. The third kappa shape index (κ3) is 2.39. The summed E-state index contributed by atoms with van der Waals surface area (Å²) >= 11 is 1.61. The molecular formula is C21H24N4O2S. The number of thiazole rings is 1. The molecule has 2 fully saturated rings. The molecule has 0 radical (unpaired) electrons. The molecule has 2 saturated heterocycles. The van der Waals surface area contributed by atoms with Crippen LogP contribution in [-0.2, 0) is 21.7 Å². The number of rotatable bonds is 3. The largest absolute Gasteiger partial charge is 0.351 e. The van der Waals surface area contributed by atoms with E-state index < -0.39 is 5.54 Å². The molecule has 3 aliphatic rings. The van der Waals surface area contributed by atoms with Gasteiger partial charge in [0.1, 0.15) is 5.54 Å². The first-order valence-corrected chi connectivity index (χ1v) is 10.7. The van der Waals surface area contributed by atoms with Crippen LogP contribution in [0.4, 0.5) is 5.69 Å². The van der Waals surface area contributed by atoms with E-state index in [1.54, 1.807) is 11.3 Å². The molecule has 0 unspecified atom stereocenters. The number of nitrogens with zero attached hydrogens (tertiary/aromatic N) is 2. The van der Waals surface area contributed by atoms with Crippen LogP contribution >= 0.6 is 11.3 Å². The van der Waals surface area contributed by atoms with Gasteiger partial charge in [0, 0.05) is 22.2 Å². The highest BCUT2D eigenvalue weighted by Gasteiger charge is 2.65. The van der Waals surface area contributed by atoms with Gasteiger partial charge >= 0.3 is 0 Å². The molecule has 3 atom stereocenters. The van der Waals surface area contributed by atoms with Crippen molar-refractivity contribution in [2.24, 2.45) is 5.92 Å². The summed E-state index contributed by atoms with van der Waals surface area (Å²) in [5.41, 5.74) is 1.88. The van der Waals surface area contributed by atoms with Crippen molar-refractivity contribution in [1.82, 2.24) is 15.2 Å². The Hall–Kier alpha value is -2.25. The molecule has 28 heavy (non-hydrogen) atoms. The average molecular weight is 397 g/mol. The van der Waals surface area contributed by atoms with Crippen LogP contribution in [0.15, 0.2) is 24.3 Å². The van der Waals surface area contributed by atoms with Crippen LogP contribution in [0.1, 0.15) is 40.4 Å². The highest BCUT2D eigenvalue weighted by Crippen LogP contribution is 2.55. The van der Waals surface area contributed by atoms with E-state index in [2.05, 4.69) is 20.5 Å². The Morgan fingerprint density at radius 3 is 3.00 bits per heavy atom. The van der Waals surface area contributed by atoms with Gasteiger partial charge in [0.15, 0.2) is 0 Å². The zero-order valence-corrected chi connectivity index (χ0v) is 16.9. The van der Waals surface area contributed by atoms with Crippen LogP contribution in [-0.4, -0.2) is 34.3 Å². The van der Waals surface area contributed by atoms with E-state index in [9.17, 15) is 9.59 Å². The monoisotopic (exact) mass is 396 g/mol. The van der Waals surface area contributed by atoms with E-state index in [1.165, 1.54) is 0 Å². The summed E-state index contributed by atoms with van der Waals surface area (Å²) in [4.78, 5) is 34.5. The standard InChI is InChI=1S/C21H24N4O2S/c1-12-18(28-13(2)23-12)11-22-19(26)16-10-14-6-5-9-25(14)21(16)15-7-3-4-8-17(15)24-20(21)27/h3-4,7-8,14,16H,5-6,9-11H2,1-2H3,(H,22,26)(H,24,27)/t14-,16-,21+/m1/s1. The molecule has 4 heterocycles. The maximum atomic E-state index is 13.4. The second-order valence-electron chi connectivity index (χ2n) is 8.00. The van der Waals surface area contributed by atoms with E-state index in [0.717, 1.165) is 52.6 Å². The lowest BCUT2D eigenvalue weighted by atomic mass is 9.78. The van der Waals surface area contributed by atoms with Gasteiger partial charge < -0.3 is 10.6 Å². The molecule has 0 saturated carbocycles. The highest BCUT2D eigenvalue weighted by molar-refractivity contribution is 7.11. The summed E-state index contributed by atoms with van der Waals surface area (Å²) in [6.45, 7) is 5.28. The molecule has 2 amide bonds. The van der Waals surface area contributed by atoms with E-state index in [-0.39, 0.29) is 17.7 Å². The Kier molecular flexibility index (Phi) is 4.07. The van der Waals surface area contributed by atoms with Crippen LogP contribution < -0.4 is 10.6 Å². The molecule has 0 aliphatic carbocycles. The molecule has 7 heteroatoms. The topological polar surface area (TPSA) is 74.3 Å². The zero-order valence-electron chi connectivity index (χ0n) is 16.1. The third-order valence-corrected chi connectivity index (χ3v) is 7.59. The summed E-state index contributed by atoms with van der Waals surface area (Å²) in [6, 6.07) is 8.12. The first-order chi connectivity index (χ1) is 13.5. The lowest BCUT2D eigenvalue weighted by Crippen LogP contribution is -2.54. The Balaban J connectivity index is 1.49. The second-order valence-corrected chi connectivity index (χ2v) is 9.29. The lowest BCUT2D eigenvalue weighted by Gasteiger charge is -2.36. The number of amides is 2. The molecule has 5 rings (SSSR count). The van der Waals surface area contributed by atoms with Gasteiger partial charge in [-0.25, -0.2) is 4.98 Å². The van der Waals surface area contributed by atoms with Crippen LogP contribution in [0.3, 0.4) is 0 Å². The van der Waals surface area contributed by atoms with Gasteiger partial charge in [-0.2, -0.15) is 0 Å². The van der Waals surface area contributed by atoms with E-state index in [0.29, 0.717) is 12.6 Å². The van der Waals surface area contributed by atoms with Crippen molar-refractivity contribution in [2.75, 3.05) is 11.9 Å². The summed E-state index contributed by atoms with van der Waals surface area (Å²) < 4.78 is 0. The van der Waals surface area contributed by atoms with Crippen molar-refractivity contribution < 1.29 is 9.59 Å². The van der Waals surface area contributed by atoms with E-state index in [1.807, 2.05) is 38.1 Å². The van der Waals surface area contributed by atoms with Gasteiger partial charge in [0.05, 0.1) is 23.2 Å². The first kappa shape index (κ1) is 17.8. The number of hydrogen-bond acceptors (Lipinski definition) is 5. The number of nitrogens with one attached hydrogen (secondary N) is 2. The number of aromatic nitrogens is 1. The van der Waals surface area contributed by atoms with Crippen molar-refractivity contribution in [3.63, 3.8) is 0 Å². The molecule has 2 N–H and O–H groups in total. The van der Waals surface area contributed by atoms with Crippen LogP contribution in [0.2, 0.25) is 0 Å². The quantitative estimate of drug-likeness (QED) is 0.837. The summed E-state index contributed by atoms with van der Waals surface area (Å²) in [5.74, 6) is -0.467. The Labute approximate surface area is 168 Å². The number of aryl methyl sites for hydroxylation is 2. The maximum absolute atomic E-state index is 13.4. The average Bonchev–Trinajstić information content (AvgIpc) is 3.39. The van der Waals surface area contributed by atoms with Gasteiger partial charge in [0.2, 0.25) is 11.8 Å². The predicted octanol–water partition coefficient (Wildman–Crippen LogP) is 2.71. The van der Waals surface area contributed by atoms with Gasteiger partial charge in [0.25, 0.3) is 0 Å². The molecule has 1 aromatic heterocycles. The van der Waals surface area contributed by atoms with Crippen LogP contribution in [0.5, 0.6) is 0 Å². The third-order valence-electron chi connectivity index (χ3n) is 6.51. The fourth-order valence-electron chi connectivity index (χ4n) is 5.41. The normalized spacial score (nSPS) is 28.4. The molecule has 0 bridgehead atoms. The van der Waals surface area contributed by atoms with Gasteiger partial charge in [-0.15, -0.1) is 11.3 Å². The minimum absolute atomic E-state index is 0.0355. The van der Waals surface area contributed by atoms with E-state index >= 15 is 0 Å². The van der Waals surface area contributed by atoms with Crippen LogP contribution in [0, 0.1) is 19.8 Å². The predicted molar refractivity (Wildman–Crippen MR) is 108 cm³/mol. The van der Waals surface area contributed by atoms with Crippen molar-refractivity contribution in [2.45, 2.75) is 51.2 Å². The molecule has 2 aromatic rings. The molecule has 6 nitrogen and oxygen atoms in total. The number of carbonyl (C=O) groups excluding carboxylic acids is 2. The SMILES string of the molecule is Cc1nc(C)c(CNC(=O)[C@H]2C[C@H]3CCCN3[C@]23C(=O)Nc2ccccc23)s1. The van der Waals surface area contributed by atoms with Crippen LogP contribution in [0.25, 0.3) is 0 Å². The minimum atomic E-state index is -0.874. The smallest absolute Gasteiger partial charge is 0.250 e. The minimum Gasteiger partial charge on any atom is -0.351 e. The highest BCUT2D eigenvalue weighted by atomic mass is 32.1. The van der Waals surface area contributed by atoms with Crippen molar-refractivity contribution in [1.29, 1.82) is 0 Å². The van der Waals surface area contributed by atoms with Crippen molar-refractivity contribution in [3.05, 3.63) is 45.4 Å². The Bertz CT molecular complexity index is 971. The molecular weight excluding hydrogens is 372 g/mol. The summed E-state index contributed by atoms with van der Waals surface area (Å²) in [5, 5.41) is 7.16. The number of para-hydroxylation sites is 1. The molecule has 3 aliphatic heterocycles. The van der Waals surface area contributed by atoms with E-state index in [4.69, 9.17) is 0 Å². The zero-order chi connectivity index (χ0) is 19.5. The maximum Gasteiger partial charge on any atom is 0.250 e. The van der Waals surface area contributed by atoms with Gasteiger partial charge in [-0.05, 0) is 45.7 Å². The second kappa shape index (κ2) is 6.39. The fraction of sp³-hybridized carbons (Fsp3) is 0.476. The molecule has 1 aromatic carbocycles. The van der Waals surface area contributed by atoms with Gasteiger partial charge in [-0.3, -0.25) is 14.5 Å². The molecule has 146 valence electrons. The fourth-order valence-corrected chi connectivity index (χ4v) is 6.29. The lowest BCUT2D eigenvalue weighted by molar-refractivity contribution is -0.137. The molecule has 1 spiro atoms. The van der Waals surface area contributed by atoms with Crippen molar-refractivity contribution >= 4 is 28.8 Å². The number of benzene rings is 1. The van der Waals surface area contributed by atoms with Crippen molar-refractivity contribution in [3.8, 4) is 0 Å². The van der Waals surface area contributed by atoms with Gasteiger partial charge in [-0.1, -0.05) is 18.2 Å². The Morgan fingerprint density at radius 2 is 2.21 bits per heavy atom. The summed E-state index contributed by atoms with van der Waals surface area (Å²) in [7, 11) is 0. The number of anilines is 1. The summed E-state index contributed by atoms with van der Waals surface area (Å²) in [6.07, 6.45) is 2.86. The Morgan fingerprint density at radius 1 is 1.39 bits per heavy atom. The number of hydrogen-bond donors (Lipinski definition) is 2. The first-order valence-electron chi connectivity index (χ1n) is 9.90.